The van der Waals surface area contributed by atoms with Crippen molar-refractivity contribution in [3.8, 4) is 0 Å². The lowest BCUT2D eigenvalue weighted by Crippen LogP contribution is -2.64. The predicted molar refractivity (Wildman–Crippen MR) is 104 cm³/mol. The molecule has 0 spiro atoms. The van der Waals surface area contributed by atoms with E-state index in [-0.39, 0.29) is 50.4 Å². The summed E-state index contributed by atoms with van der Waals surface area (Å²) in [5.74, 6) is -3.20. The first-order valence-electron chi connectivity index (χ1n) is 10.2. The summed E-state index contributed by atoms with van der Waals surface area (Å²) in [5.41, 5.74) is -4.18. The van der Waals surface area contributed by atoms with Gasteiger partial charge in [-0.15, -0.1) is 0 Å². The zero-order valence-electron chi connectivity index (χ0n) is 18.2. The van der Waals surface area contributed by atoms with E-state index in [9.17, 15) is 35.5 Å². The van der Waals surface area contributed by atoms with Crippen molar-refractivity contribution in [2.75, 3.05) is 33.7 Å². The number of carbonyl (C=O) groups excluding carboxylic acids is 1. The number of likely N-dealkylation sites (tertiary alicyclic amines) is 1. The molecule has 1 fully saturated rings. The molecule has 6 nitrogen and oxygen atoms in total. The summed E-state index contributed by atoms with van der Waals surface area (Å²) in [6.07, 6.45) is -7.99. The first-order valence-corrected chi connectivity index (χ1v) is 10.2. The second-order valence-electron chi connectivity index (χ2n) is 8.79. The molecule has 0 aromatic carbocycles. The summed E-state index contributed by atoms with van der Waals surface area (Å²) < 4.78 is 95.0. The summed E-state index contributed by atoms with van der Waals surface area (Å²) in [6.45, 7) is 1.28. The number of halogens is 7. The third kappa shape index (κ3) is 5.74. The van der Waals surface area contributed by atoms with E-state index in [1.165, 1.54) is 16.5 Å². The molecule has 2 aliphatic rings. The van der Waals surface area contributed by atoms with Gasteiger partial charge in [-0.2, -0.15) is 31.4 Å². The molecular weight excluding hydrogens is 459 g/mol. The SMILES string of the molecule is CC1C(C(F)(F)F)=CC(C(F)(F)F)=CC1c1ncn(CCC(=O)N2CC(F)(CN(C)C)C2)n1. The molecule has 0 radical (unpaired) electrons. The Balaban J connectivity index is 1.66. The fourth-order valence-electron chi connectivity index (χ4n) is 4.11. The number of hydrogen-bond acceptors (Lipinski definition) is 4. The van der Waals surface area contributed by atoms with Crippen LogP contribution in [0.3, 0.4) is 0 Å². The second kappa shape index (κ2) is 8.73. The van der Waals surface area contributed by atoms with Crippen LogP contribution in [0.5, 0.6) is 0 Å². The van der Waals surface area contributed by atoms with Gasteiger partial charge in [0.1, 0.15) is 6.33 Å². The Morgan fingerprint density at radius 2 is 1.82 bits per heavy atom. The fourth-order valence-corrected chi connectivity index (χ4v) is 4.11. The van der Waals surface area contributed by atoms with Crippen molar-refractivity contribution in [3.05, 3.63) is 35.4 Å². The molecule has 0 bridgehead atoms. The highest BCUT2D eigenvalue weighted by molar-refractivity contribution is 5.77. The third-order valence-electron chi connectivity index (χ3n) is 5.66. The van der Waals surface area contributed by atoms with Crippen LogP contribution in [0.2, 0.25) is 0 Å². The van der Waals surface area contributed by atoms with Gasteiger partial charge in [0.2, 0.25) is 5.91 Å². The first kappa shape index (κ1) is 25.2. The van der Waals surface area contributed by atoms with Crippen LogP contribution in [0, 0.1) is 5.92 Å². The number of nitrogens with zero attached hydrogens (tertiary/aromatic N) is 5. The standard InChI is InChI=1S/C20H24F7N5O/c1-12-14(6-13(19(22,23)24)7-15(12)20(25,26)27)17-28-11-32(29-17)5-4-16(33)31-9-18(21,10-31)8-30(2)3/h6-7,11-12,14H,4-5,8-10H2,1-3H3. The normalized spacial score (nSPS) is 23.3. The molecule has 1 aliphatic carbocycles. The molecule has 2 atom stereocenters. The molecular formula is C20H24F7N5O. The van der Waals surface area contributed by atoms with Gasteiger partial charge in [0.05, 0.1) is 25.2 Å². The number of aryl methyl sites for hydroxylation is 1. The van der Waals surface area contributed by atoms with Crippen LogP contribution in [0.25, 0.3) is 0 Å². The Morgan fingerprint density at radius 3 is 2.36 bits per heavy atom. The maximum absolute atomic E-state index is 14.4. The van der Waals surface area contributed by atoms with Crippen LogP contribution in [0.4, 0.5) is 30.7 Å². The highest BCUT2D eigenvalue weighted by Crippen LogP contribution is 2.45. The van der Waals surface area contributed by atoms with Crippen LogP contribution in [-0.2, 0) is 11.3 Å². The minimum absolute atomic E-state index is 0.00814. The molecule has 1 aliphatic heterocycles. The Bertz CT molecular complexity index is 941. The van der Waals surface area contributed by atoms with Gasteiger partial charge in [-0.3, -0.25) is 9.48 Å². The van der Waals surface area contributed by atoms with E-state index in [0.717, 1.165) is 6.33 Å². The quantitative estimate of drug-likeness (QED) is 0.582. The zero-order valence-corrected chi connectivity index (χ0v) is 18.2. The largest absolute Gasteiger partial charge is 0.416 e. The van der Waals surface area contributed by atoms with E-state index in [2.05, 4.69) is 10.1 Å². The molecule has 33 heavy (non-hydrogen) atoms. The Kier molecular flexibility index (Phi) is 6.66. The van der Waals surface area contributed by atoms with Gasteiger partial charge in [0.25, 0.3) is 0 Å². The van der Waals surface area contributed by atoms with Gasteiger partial charge in [-0.05, 0) is 26.1 Å². The van der Waals surface area contributed by atoms with E-state index in [0.29, 0.717) is 6.08 Å². The molecule has 1 aromatic heterocycles. The van der Waals surface area contributed by atoms with Gasteiger partial charge < -0.3 is 9.80 Å². The monoisotopic (exact) mass is 483 g/mol. The molecule has 184 valence electrons. The Labute approximate surface area is 185 Å². The summed E-state index contributed by atoms with van der Waals surface area (Å²) in [7, 11) is 3.45. The van der Waals surface area contributed by atoms with Crippen molar-refractivity contribution in [2.24, 2.45) is 5.92 Å². The molecule has 13 heteroatoms. The average Bonchev–Trinajstić information content (AvgIpc) is 3.10. The zero-order chi connectivity index (χ0) is 24.8. The summed E-state index contributed by atoms with van der Waals surface area (Å²) >= 11 is 0. The van der Waals surface area contributed by atoms with Crippen LogP contribution in [0.1, 0.15) is 25.1 Å². The molecule has 3 rings (SSSR count). The maximum atomic E-state index is 14.4. The van der Waals surface area contributed by atoms with Crippen LogP contribution < -0.4 is 0 Å². The molecule has 1 saturated heterocycles. The lowest BCUT2D eigenvalue weighted by molar-refractivity contribution is -0.146. The van der Waals surface area contributed by atoms with Gasteiger partial charge in [-0.25, -0.2) is 9.37 Å². The number of amides is 1. The highest BCUT2D eigenvalue weighted by atomic mass is 19.4. The predicted octanol–water partition coefficient (Wildman–Crippen LogP) is 3.49. The van der Waals surface area contributed by atoms with Gasteiger partial charge in [-0.1, -0.05) is 13.0 Å². The molecule has 0 N–H and O–H groups in total. The number of alkyl halides is 7. The fraction of sp³-hybridized carbons (Fsp3) is 0.650. The van der Waals surface area contributed by atoms with Crippen LogP contribution in [0.15, 0.2) is 29.6 Å². The minimum atomic E-state index is -4.96. The number of hydrogen-bond donors (Lipinski definition) is 0. The van der Waals surface area contributed by atoms with Gasteiger partial charge in [0.15, 0.2) is 11.5 Å². The third-order valence-corrected chi connectivity index (χ3v) is 5.66. The average molecular weight is 483 g/mol. The van der Waals surface area contributed by atoms with Crippen molar-refractivity contribution >= 4 is 5.91 Å². The van der Waals surface area contributed by atoms with E-state index in [1.807, 2.05) is 0 Å². The van der Waals surface area contributed by atoms with Crippen molar-refractivity contribution < 1.29 is 35.5 Å². The molecule has 2 heterocycles. The van der Waals surface area contributed by atoms with E-state index in [1.54, 1.807) is 19.0 Å². The number of aromatic nitrogens is 3. The van der Waals surface area contributed by atoms with Crippen molar-refractivity contribution in [3.63, 3.8) is 0 Å². The summed E-state index contributed by atoms with van der Waals surface area (Å²) in [4.78, 5) is 19.2. The highest BCUT2D eigenvalue weighted by Gasteiger charge is 2.47. The Morgan fingerprint density at radius 1 is 1.18 bits per heavy atom. The molecule has 2 unspecified atom stereocenters. The van der Waals surface area contributed by atoms with Crippen molar-refractivity contribution in [2.45, 2.75) is 43.8 Å². The lowest BCUT2D eigenvalue weighted by atomic mass is 9.80. The first-order chi connectivity index (χ1) is 15.1. The van der Waals surface area contributed by atoms with E-state index >= 15 is 0 Å². The second-order valence-corrected chi connectivity index (χ2v) is 8.79. The lowest BCUT2D eigenvalue weighted by Gasteiger charge is -2.45. The van der Waals surface area contributed by atoms with Crippen LogP contribution >= 0.6 is 0 Å². The number of rotatable bonds is 6. The van der Waals surface area contributed by atoms with Crippen molar-refractivity contribution in [1.29, 1.82) is 0 Å². The van der Waals surface area contributed by atoms with Gasteiger partial charge in [0, 0.05) is 24.5 Å². The maximum Gasteiger partial charge on any atom is 0.416 e. The summed E-state index contributed by atoms with van der Waals surface area (Å²) in [6, 6.07) is 0. The number of carbonyl (C=O) groups is 1. The van der Waals surface area contributed by atoms with Crippen molar-refractivity contribution in [1.82, 2.24) is 24.6 Å². The minimum Gasteiger partial charge on any atom is -0.336 e. The topological polar surface area (TPSA) is 54.3 Å². The smallest absolute Gasteiger partial charge is 0.336 e. The van der Waals surface area contributed by atoms with Gasteiger partial charge >= 0.3 is 12.4 Å². The van der Waals surface area contributed by atoms with E-state index < -0.39 is 41.0 Å². The Hall–Kier alpha value is -2.44. The molecule has 1 aromatic rings. The van der Waals surface area contributed by atoms with Crippen LogP contribution in [-0.4, -0.2) is 82.2 Å². The number of allylic oxidation sites excluding steroid dienone is 4. The molecule has 1 amide bonds. The van der Waals surface area contributed by atoms with E-state index in [4.69, 9.17) is 0 Å². The summed E-state index contributed by atoms with van der Waals surface area (Å²) in [5, 5.41) is 4.01. The molecule has 0 saturated carbocycles.